The van der Waals surface area contributed by atoms with Crippen LogP contribution in [0.4, 0.5) is 48.3 Å². The second-order valence-electron chi connectivity index (χ2n) is 9.20. The fourth-order valence-electron chi connectivity index (χ4n) is 4.56. The van der Waals surface area contributed by atoms with Crippen molar-refractivity contribution in [2.45, 2.75) is 25.5 Å². The number of rotatable bonds is 2. The van der Waals surface area contributed by atoms with Crippen molar-refractivity contribution in [2.24, 2.45) is 0 Å². The lowest BCUT2D eigenvalue weighted by atomic mass is 9.90. The molecular weight excluding hydrogens is 653 g/mol. The first-order chi connectivity index (χ1) is 21.7. The molecule has 17 heteroatoms. The summed E-state index contributed by atoms with van der Waals surface area (Å²) in [7, 11) is 0. The van der Waals surface area contributed by atoms with E-state index in [1.807, 2.05) is 0 Å². The first-order valence-corrected chi connectivity index (χ1v) is 12.0. The zero-order valence-electron chi connectivity index (χ0n) is 22.7. The van der Waals surface area contributed by atoms with Gasteiger partial charge in [-0.2, -0.15) is 71.1 Å². The average molecular weight is 660 g/mol. The highest BCUT2D eigenvalue weighted by molar-refractivity contribution is 5.82. The van der Waals surface area contributed by atoms with Crippen molar-refractivity contribution in [1.29, 1.82) is 31.6 Å². The minimum atomic E-state index is -5.67. The Morgan fingerprint density at radius 3 is 1.06 bits per heavy atom. The molecule has 0 aliphatic heterocycles. The average Bonchev–Trinajstić information content (AvgIpc) is 2.98. The standard InChI is InChI=1S/C30H7F11N6/c1-12-2-13(3-21(15(12)6-42)28(33,34)35)16(7-43)24-19(10-46)27(32)25(20(11-47)26(24)31)17(8-44)14-4-22(29(36,37)38)18(9-45)23(5-14)30(39,40)41/h2-5H,1H3/b24-16+,25-17+. The van der Waals surface area contributed by atoms with Gasteiger partial charge in [-0.1, -0.05) is 0 Å². The van der Waals surface area contributed by atoms with Crippen LogP contribution in [-0.2, 0) is 18.5 Å². The minimum Gasteiger partial charge on any atom is -0.205 e. The first-order valence-electron chi connectivity index (χ1n) is 12.0. The van der Waals surface area contributed by atoms with Gasteiger partial charge >= 0.3 is 18.5 Å². The fourth-order valence-corrected chi connectivity index (χ4v) is 4.56. The lowest BCUT2D eigenvalue weighted by Gasteiger charge is -2.17. The van der Waals surface area contributed by atoms with Crippen LogP contribution in [0.15, 0.2) is 24.3 Å². The van der Waals surface area contributed by atoms with Crippen molar-refractivity contribution >= 4 is 11.1 Å². The highest BCUT2D eigenvalue weighted by Gasteiger charge is 2.42. The normalized spacial score (nSPS) is 12.8. The molecule has 0 unspecified atom stereocenters. The third kappa shape index (κ3) is 6.12. The maximum atomic E-state index is 16.0. The summed E-state index contributed by atoms with van der Waals surface area (Å²) in [6.07, 6.45) is -16.6. The topological polar surface area (TPSA) is 143 Å². The molecule has 0 saturated heterocycles. The zero-order chi connectivity index (χ0) is 35.8. The molecule has 0 radical (unpaired) electrons. The van der Waals surface area contributed by atoms with Gasteiger partial charge in [-0.15, -0.1) is 0 Å². The molecule has 0 spiro atoms. The van der Waals surface area contributed by atoms with Gasteiger partial charge in [-0.05, 0) is 47.9 Å². The van der Waals surface area contributed by atoms with Crippen LogP contribution < -0.4 is 10.4 Å². The Hall–Kier alpha value is -6.43. The first kappa shape index (κ1) is 35.1. The van der Waals surface area contributed by atoms with Crippen LogP contribution in [0.2, 0.25) is 0 Å². The van der Waals surface area contributed by atoms with Gasteiger partial charge in [0.25, 0.3) is 0 Å². The Morgan fingerprint density at radius 2 is 0.787 bits per heavy atom. The summed E-state index contributed by atoms with van der Waals surface area (Å²) < 4.78 is 155. The summed E-state index contributed by atoms with van der Waals surface area (Å²) in [6.45, 7) is 0.994. The van der Waals surface area contributed by atoms with Gasteiger partial charge in [-0.25, -0.2) is 8.78 Å². The summed E-state index contributed by atoms with van der Waals surface area (Å²) in [6, 6.07) is 7.15. The van der Waals surface area contributed by atoms with Crippen LogP contribution in [0.25, 0.3) is 11.1 Å². The lowest BCUT2D eigenvalue weighted by Crippen LogP contribution is -2.31. The number of halogens is 11. The third-order valence-electron chi connectivity index (χ3n) is 6.52. The zero-order valence-corrected chi connectivity index (χ0v) is 22.7. The van der Waals surface area contributed by atoms with E-state index in [9.17, 15) is 60.6 Å². The monoisotopic (exact) mass is 660 g/mol. The number of nitrogens with zero attached hydrogens (tertiary/aromatic N) is 6. The van der Waals surface area contributed by atoms with Gasteiger partial charge < -0.3 is 0 Å². The number of benzene rings is 3. The second-order valence-corrected chi connectivity index (χ2v) is 9.20. The maximum absolute atomic E-state index is 16.0. The molecule has 0 amide bonds. The van der Waals surface area contributed by atoms with Gasteiger partial charge in [0, 0.05) is 0 Å². The molecule has 0 atom stereocenters. The van der Waals surface area contributed by atoms with Crippen molar-refractivity contribution < 1.29 is 48.3 Å². The Balaban J connectivity index is 2.74. The predicted octanol–water partition coefficient (Wildman–Crippen LogP) is 6.26. The fraction of sp³-hybridized carbons (Fsp3) is 0.133. The molecule has 47 heavy (non-hydrogen) atoms. The summed E-state index contributed by atoms with van der Waals surface area (Å²) in [5.41, 5.74) is -17.6. The molecule has 3 aromatic carbocycles. The molecule has 0 aliphatic rings. The molecule has 0 N–H and O–H groups in total. The van der Waals surface area contributed by atoms with Crippen LogP contribution in [0, 0.1) is 86.5 Å². The van der Waals surface area contributed by atoms with E-state index in [2.05, 4.69) is 0 Å². The SMILES string of the molecule is Cc1cc(/C(C#N)=c2/c(F)c(C#N)/c(=C(/C#N)c3cc(C(F)(F)F)c(C#N)c(C(F)(F)F)c3)c(F)c2C#N)cc(C(F)(F)F)c1C#N. The Kier molecular flexibility index (Phi) is 9.07. The number of hydrogen-bond acceptors (Lipinski definition) is 6. The molecule has 234 valence electrons. The Labute approximate surface area is 255 Å². The van der Waals surface area contributed by atoms with Crippen molar-refractivity contribution in [2.75, 3.05) is 0 Å². The van der Waals surface area contributed by atoms with Gasteiger partial charge in [0.05, 0.1) is 60.5 Å². The van der Waals surface area contributed by atoms with Crippen molar-refractivity contribution in [3.05, 3.63) is 102 Å². The molecule has 3 aromatic rings. The van der Waals surface area contributed by atoms with E-state index in [-0.39, 0.29) is 18.2 Å². The molecule has 0 fully saturated rings. The lowest BCUT2D eigenvalue weighted by molar-refractivity contribution is -0.143. The van der Waals surface area contributed by atoms with Gasteiger partial charge in [-0.3, -0.25) is 0 Å². The van der Waals surface area contributed by atoms with E-state index in [0.717, 1.165) is 37.3 Å². The van der Waals surface area contributed by atoms with Crippen LogP contribution in [0.5, 0.6) is 0 Å². The van der Waals surface area contributed by atoms with Crippen LogP contribution >= 0.6 is 0 Å². The smallest absolute Gasteiger partial charge is 0.205 e. The predicted molar refractivity (Wildman–Crippen MR) is 133 cm³/mol. The molecular formula is C30H7F11N6. The molecule has 6 nitrogen and oxygen atoms in total. The summed E-state index contributed by atoms with van der Waals surface area (Å²) in [5.74, 6) is -4.17. The highest BCUT2D eigenvalue weighted by atomic mass is 19.4. The summed E-state index contributed by atoms with van der Waals surface area (Å²) in [5, 5.41) is 54.1. The molecule has 3 rings (SSSR count). The van der Waals surface area contributed by atoms with Crippen LogP contribution in [0.3, 0.4) is 0 Å². The Morgan fingerprint density at radius 1 is 0.489 bits per heavy atom. The summed E-state index contributed by atoms with van der Waals surface area (Å²) in [4.78, 5) is 0. The third-order valence-corrected chi connectivity index (χ3v) is 6.52. The van der Waals surface area contributed by atoms with E-state index in [0.29, 0.717) is 0 Å². The Bertz CT molecular complexity index is 2220. The molecule has 0 aromatic heterocycles. The van der Waals surface area contributed by atoms with E-state index in [4.69, 9.17) is 10.5 Å². The van der Waals surface area contributed by atoms with E-state index < -0.39 is 107 Å². The van der Waals surface area contributed by atoms with Gasteiger partial charge in [0.1, 0.15) is 36.4 Å². The van der Waals surface area contributed by atoms with Crippen molar-refractivity contribution in [1.82, 2.24) is 0 Å². The van der Waals surface area contributed by atoms with Gasteiger partial charge in [0.15, 0.2) is 11.6 Å². The number of hydrogen-bond donors (Lipinski definition) is 0. The molecule has 0 saturated carbocycles. The number of aryl methyl sites for hydroxylation is 1. The van der Waals surface area contributed by atoms with Crippen molar-refractivity contribution in [3.8, 4) is 36.4 Å². The molecule has 0 heterocycles. The van der Waals surface area contributed by atoms with E-state index in [1.54, 1.807) is 0 Å². The quantitative estimate of drug-likeness (QED) is 0.297. The van der Waals surface area contributed by atoms with Gasteiger partial charge in [0.2, 0.25) is 0 Å². The molecule has 0 aliphatic carbocycles. The van der Waals surface area contributed by atoms with Crippen molar-refractivity contribution in [3.63, 3.8) is 0 Å². The van der Waals surface area contributed by atoms with Crippen LogP contribution in [-0.4, -0.2) is 0 Å². The highest BCUT2D eigenvalue weighted by Crippen LogP contribution is 2.41. The largest absolute Gasteiger partial charge is 0.417 e. The minimum absolute atomic E-state index is 0.171. The second kappa shape index (κ2) is 12.2. The summed E-state index contributed by atoms with van der Waals surface area (Å²) >= 11 is 0. The van der Waals surface area contributed by atoms with E-state index >= 15 is 8.78 Å². The maximum Gasteiger partial charge on any atom is 0.417 e. The number of nitriles is 6. The molecule has 0 bridgehead atoms. The van der Waals surface area contributed by atoms with Crippen LogP contribution in [0.1, 0.15) is 55.6 Å². The number of alkyl halides is 9. The van der Waals surface area contributed by atoms with E-state index in [1.165, 1.54) is 12.1 Å².